The molecular formula is C13H28N2O. The van der Waals surface area contributed by atoms with Crippen LogP contribution in [0.4, 0.5) is 0 Å². The van der Waals surface area contributed by atoms with Crippen molar-refractivity contribution in [3.05, 3.63) is 0 Å². The molecule has 3 heteroatoms. The Morgan fingerprint density at radius 1 is 1.31 bits per heavy atom. The molecule has 0 aromatic carbocycles. The summed E-state index contributed by atoms with van der Waals surface area (Å²) >= 11 is 0. The molecule has 1 aliphatic rings. The summed E-state index contributed by atoms with van der Waals surface area (Å²) in [6, 6.07) is 0. The number of nitrogens with one attached hydrogen (secondary N) is 1. The van der Waals surface area contributed by atoms with Crippen LogP contribution >= 0.6 is 0 Å². The Bertz CT molecular complexity index is 165. The fraction of sp³-hybridized carbons (Fsp3) is 1.00. The third-order valence-corrected chi connectivity index (χ3v) is 3.57. The maximum atomic E-state index is 9.51. The second kappa shape index (κ2) is 8.04. The molecule has 0 aromatic rings. The minimum absolute atomic E-state index is 0.117. The Labute approximate surface area is 100 Å². The molecule has 0 spiro atoms. The van der Waals surface area contributed by atoms with E-state index in [1.54, 1.807) is 0 Å². The summed E-state index contributed by atoms with van der Waals surface area (Å²) in [7, 11) is 0. The Hall–Kier alpha value is -0.120. The van der Waals surface area contributed by atoms with E-state index in [0.717, 1.165) is 13.1 Å². The van der Waals surface area contributed by atoms with Crippen molar-refractivity contribution in [3.63, 3.8) is 0 Å². The topological polar surface area (TPSA) is 35.5 Å². The summed E-state index contributed by atoms with van der Waals surface area (Å²) in [6.07, 6.45) is 4.69. The van der Waals surface area contributed by atoms with Gasteiger partial charge in [0.15, 0.2) is 0 Å². The smallest absolute Gasteiger partial charge is 0.0541 e. The number of hydrogen-bond acceptors (Lipinski definition) is 3. The maximum absolute atomic E-state index is 9.51. The number of aliphatic hydroxyl groups excluding tert-OH is 1. The van der Waals surface area contributed by atoms with Crippen LogP contribution in [0, 0.1) is 5.92 Å². The highest BCUT2D eigenvalue weighted by molar-refractivity contribution is 4.75. The summed E-state index contributed by atoms with van der Waals surface area (Å²) in [4.78, 5) is 2.53. The molecule has 1 fully saturated rings. The molecule has 0 saturated carbocycles. The fourth-order valence-corrected chi connectivity index (χ4v) is 2.39. The quantitative estimate of drug-likeness (QED) is 0.648. The molecule has 2 N–H and O–H groups in total. The van der Waals surface area contributed by atoms with E-state index in [9.17, 15) is 5.11 Å². The minimum Gasteiger partial charge on any atom is -0.393 e. The van der Waals surface area contributed by atoms with E-state index in [1.807, 2.05) is 6.92 Å². The van der Waals surface area contributed by atoms with Crippen LogP contribution in [-0.4, -0.2) is 48.8 Å². The highest BCUT2D eigenvalue weighted by Crippen LogP contribution is 2.20. The molecule has 96 valence electrons. The van der Waals surface area contributed by atoms with Gasteiger partial charge in [0.05, 0.1) is 6.10 Å². The normalized spacial score (nSPS) is 21.2. The molecule has 0 aliphatic carbocycles. The van der Waals surface area contributed by atoms with Gasteiger partial charge in [0.2, 0.25) is 0 Å². The van der Waals surface area contributed by atoms with Gasteiger partial charge >= 0.3 is 0 Å². The fourth-order valence-electron chi connectivity index (χ4n) is 2.39. The second-order valence-corrected chi connectivity index (χ2v) is 5.02. The highest BCUT2D eigenvalue weighted by Gasteiger charge is 2.21. The lowest BCUT2D eigenvalue weighted by Crippen LogP contribution is -2.38. The Balaban J connectivity index is 1.99. The van der Waals surface area contributed by atoms with Gasteiger partial charge in [0, 0.05) is 0 Å². The minimum atomic E-state index is -0.117. The van der Waals surface area contributed by atoms with Gasteiger partial charge in [0.25, 0.3) is 0 Å². The Morgan fingerprint density at radius 2 is 2.00 bits per heavy atom. The van der Waals surface area contributed by atoms with Crippen molar-refractivity contribution in [2.75, 3.05) is 32.7 Å². The summed E-state index contributed by atoms with van der Waals surface area (Å²) in [5.74, 6) is 0.537. The zero-order chi connectivity index (χ0) is 11.8. The van der Waals surface area contributed by atoms with Crippen molar-refractivity contribution in [1.82, 2.24) is 10.2 Å². The van der Waals surface area contributed by atoms with E-state index in [0.29, 0.717) is 5.92 Å². The van der Waals surface area contributed by atoms with Crippen LogP contribution in [0.3, 0.4) is 0 Å². The zero-order valence-electron chi connectivity index (χ0n) is 10.9. The van der Waals surface area contributed by atoms with E-state index >= 15 is 0 Å². The van der Waals surface area contributed by atoms with Gasteiger partial charge in [-0.1, -0.05) is 6.92 Å². The number of likely N-dealkylation sites (tertiary alicyclic amines) is 1. The lowest BCUT2D eigenvalue weighted by molar-refractivity contribution is 0.0716. The Kier molecular flexibility index (Phi) is 7.01. The summed E-state index contributed by atoms with van der Waals surface area (Å²) in [5.41, 5.74) is 0. The van der Waals surface area contributed by atoms with Gasteiger partial charge in [0.1, 0.15) is 0 Å². The lowest BCUT2D eigenvalue weighted by Gasteiger charge is -2.33. The van der Waals surface area contributed by atoms with Crippen molar-refractivity contribution in [2.24, 2.45) is 5.92 Å². The molecule has 3 nitrogen and oxygen atoms in total. The molecule has 16 heavy (non-hydrogen) atoms. The van der Waals surface area contributed by atoms with Crippen LogP contribution in [0.1, 0.15) is 39.5 Å². The van der Waals surface area contributed by atoms with Crippen molar-refractivity contribution in [2.45, 2.75) is 45.6 Å². The monoisotopic (exact) mass is 228 g/mol. The van der Waals surface area contributed by atoms with Crippen molar-refractivity contribution in [3.8, 4) is 0 Å². The molecule has 1 saturated heterocycles. The summed E-state index contributed by atoms with van der Waals surface area (Å²) in [5, 5.41) is 12.9. The van der Waals surface area contributed by atoms with Crippen LogP contribution in [0.25, 0.3) is 0 Å². The molecular weight excluding hydrogens is 200 g/mol. The predicted molar refractivity (Wildman–Crippen MR) is 68.6 cm³/mol. The van der Waals surface area contributed by atoms with E-state index in [1.165, 1.54) is 45.3 Å². The summed E-state index contributed by atoms with van der Waals surface area (Å²) in [6.45, 7) is 9.97. The largest absolute Gasteiger partial charge is 0.393 e. The average Bonchev–Trinajstić information content (AvgIpc) is 2.29. The second-order valence-electron chi connectivity index (χ2n) is 5.02. The van der Waals surface area contributed by atoms with Crippen LogP contribution in [0.2, 0.25) is 0 Å². The highest BCUT2D eigenvalue weighted by atomic mass is 16.3. The average molecular weight is 228 g/mol. The van der Waals surface area contributed by atoms with E-state index < -0.39 is 0 Å². The Morgan fingerprint density at radius 3 is 2.56 bits per heavy atom. The third kappa shape index (κ3) is 5.28. The first-order valence-corrected chi connectivity index (χ1v) is 6.85. The molecule has 0 aromatic heterocycles. The van der Waals surface area contributed by atoms with Gasteiger partial charge in [-0.05, 0) is 71.2 Å². The number of hydrogen-bond donors (Lipinski definition) is 2. The van der Waals surface area contributed by atoms with Gasteiger partial charge in [-0.3, -0.25) is 0 Å². The van der Waals surface area contributed by atoms with Crippen LogP contribution in [0.5, 0.6) is 0 Å². The van der Waals surface area contributed by atoms with Gasteiger partial charge < -0.3 is 15.3 Å². The van der Waals surface area contributed by atoms with Crippen LogP contribution < -0.4 is 5.32 Å². The summed E-state index contributed by atoms with van der Waals surface area (Å²) < 4.78 is 0. The van der Waals surface area contributed by atoms with E-state index in [2.05, 4.69) is 17.1 Å². The number of rotatable bonds is 7. The maximum Gasteiger partial charge on any atom is 0.0541 e. The number of aliphatic hydroxyl groups is 1. The molecule has 1 atom stereocenters. The molecule has 1 aliphatic heterocycles. The predicted octanol–water partition coefficient (Wildman–Crippen LogP) is 1.47. The number of nitrogens with zero attached hydrogens (tertiary/aromatic N) is 1. The van der Waals surface area contributed by atoms with E-state index in [4.69, 9.17) is 0 Å². The van der Waals surface area contributed by atoms with Gasteiger partial charge in [-0.2, -0.15) is 0 Å². The van der Waals surface area contributed by atoms with Crippen molar-refractivity contribution < 1.29 is 5.11 Å². The third-order valence-electron chi connectivity index (χ3n) is 3.57. The molecule has 1 rings (SSSR count). The van der Waals surface area contributed by atoms with E-state index in [-0.39, 0.29) is 6.10 Å². The van der Waals surface area contributed by atoms with Crippen LogP contribution in [-0.2, 0) is 0 Å². The lowest BCUT2D eigenvalue weighted by atomic mass is 9.92. The number of piperidine rings is 1. The molecule has 0 bridgehead atoms. The first-order valence-electron chi connectivity index (χ1n) is 6.85. The van der Waals surface area contributed by atoms with Crippen LogP contribution in [0.15, 0.2) is 0 Å². The zero-order valence-corrected chi connectivity index (χ0v) is 10.9. The van der Waals surface area contributed by atoms with Crippen molar-refractivity contribution in [1.29, 1.82) is 0 Å². The SMILES string of the molecule is CCCNCCCN1CCC(C(C)O)CC1. The standard InChI is InChI=1S/C13H28N2O/c1-3-7-14-8-4-9-15-10-5-13(6-11-15)12(2)16/h12-14,16H,3-11H2,1-2H3. The molecule has 0 radical (unpaired) electrons. The molecule has 1 unspecified atom stereocenters. The first kappa shape index (κ1) is 13.9. The van der Waals surface area contributed by atoms with Crippen molar-refractivity contribution >= 4 is 0 Å². The molecule has 0 amide bonds. The first-order chi connectivity index (χ1) is 7.74. The molecule has 1 heterocycles. The van der Waals surface area contributed by atoms with Gasteiger partial charge in [-0.15, -0.1) is 0 Å². The van der Waals surface area contributed by atoms with Gasteiger partial charge in [-0.25, -0.2) is 0 Å².